The minimum absolute atomic E-state index is 0.245. The van der Waals surface area contributed by atoms with Gasteiger partial charge < -0.3 is 10.6 Å². The van der Waals surface area contributed by atoms with Gasteiger partial charge in [-0.3, -0.25) is 4.79 Å². The Balaban J connectivity index is 1.76. The molecule has 2 N–H and O–H groups in total. The van der Waals surface area contributed by atoms with Crippen molar-refractivity contribution in [3.05, 3.63) is 0 Å². The summed E-state index contributed by atoms with van der Waals surface area (Å²) in [6.07, 6.45) is 9.07. The summed E-state index contributed by atoms with van der Waals surface area (Å²) in [5.41, 5.74) is 5.46. The van der Waals surface area contributed by atoms with Gasteiger partial charge in [0, 0.05) is 13.1 Å². The van der Waals surface area contributed by atoms with Crippen LogP contribution < -0.4 is 5.73 Å². The molecule has 2 atom stereocenters. The highest BCUT2D eigenvalue weighted by atomic mass is 32.1. The van der Waals surface area contributed by atoms with Crippen LogP contribution >= 0.6 is 12.2 Å². The molecule has 4 heteroatoms. The van der Waals surface area contributed by atoms with E-state index in [1.165, 1.54) is 25.7 Å². The van der Waals surface area contributed by atoms with Gasteiger partial charge in [-0.15, -0.1) is 0 Å². The van der Waals surface area contributed by atoms with Crippen LogP contribution in [0.15, 0.2) is 0 Å². The number of likely N-dealkylation sites (tertiary alicyclic amines) is 1. The van der Waals surface area contributed by atoms with Crippen LogP contribution in [0.5, 0.6) is 0 Å². The van der Waals surface area contributed by atoms with Crippen LogP contribution in [0, 0.1) is 17.3 Å². The Kier molecular flexibility index (Phi) is 3.54. The largest absolute Gasteiger partial charge is 0.392 e. The summed E-state index contributed by atoms with van der Waals surface area (Å²) in [7, 11) is 0. The first-order valence-electron chi connectivity index (χ1n) is 7.73. The Labute approximate surface area is 120 Å². The van der Waals surface area contributed by atoms with Crippen LogP contribution in [0.1, 0.15) is 51.4 Å². The molecule has 1 heterocycles. The molecule has 19 heavy (non-hydrogen) atoms. The molecule has 0 bridgehead atoms. The molecule has 3 fully saturated rings. The average Bonchev–Trinajstić information content (AvgIpc) is 2.99. The maximum Gasteiger partial charge on any atom is 0.235 e. The third kappa shape index (κ3) is 2.18. The van der Waals surface area contributed by atoms with E-state index in [4.69, 9.17) is 18.0 Å². The summed E-state index contributed by atoms with van der Waals surface area (Å²) in [4.78, 5) is 15.5. The Morgan fingerprint density at radius 1 is 1.05 bits per heavy atom. The molecule has 0 aromatic carbocycles. The van der Waals surface area contributed by atoms with Crippen molar-refractivity contribution in [2.24, 2.45) is 23.0 Å². The molecule has 2 aliphatic carbocycles. The summed E-state index contributed by atoms with van der Waals surface area (Å²) in [6.45, 7) is 1.90. The average molecular weight is 280 g/mol. The summed E-state index contributed by atoms with van der Waals surface area (Å²) >= 11 is 5.27. The van der Waals surface area contributed by atoms with Gasteiger partial charge in [-0.05, 0) is 37.5 Å². The summed E-state index contributed by atoms with van der Waals surface area (Å²) in [6, 6.07) is 0. The quantitative estimate of drug-likeness (QED) is 0.791. The second-order valence-electron chi connectivity index (χ2n) is 6.67. The summed E-state index contributed by atoms with van der Waals surface area (Å²) in [5.74, 6) is 1.74. The van der Waals surface area contributed by atoms with Crippen molar-refractivity contribution in [3.63, 3.8) is 0 Å². The molecule has 0 aromatic rings. The molecule has 0 aromatic heterocycles. The van der Waals surface area contributed by atoms with Crippen LogP contribution in [0.2, 0.25) is 0 Å². The highest BCUT2D eigenvalue weighted by Gasteiger charge is 2.48. The van der Waals surface area contributed by atoms with Gasteiger partial charge in [-0.2, -0.15) is 0 Å². The van der Waals surface area contributed by atoms with Crippen molar-refractivity contribution in [3.8, 4) is 0 Å². The Morgan fingerprint density at radius 2 is 1.63 bits per heavy atom. The molecule has 1 aliphatic heterocycles. The van der Waals surface area contributed by atoms with E-state index in [1.54, 1.807) is 0 Å². The predicted octanol–water partition coefficient (Wildman–Crippen LogP) is 2.48. The number of hydrogen-bond acceptors (Lipinski definition) is 2. The number of carbonyl (C=O) groups excluding carboxylic acids is 1. The normalized spacial score (nSPS) is 33.2. The number of fused-ring (bicyclic) bond motifs is 1. The van der Waals surface area contributed by atoms with E-state index in [2.05, 4.69) is 4.90 Å². The topological polar surface area (TPSA) is 46.3 Å². The molecule has 106 valence electrons. The second kappa shape index (κ2) is 5.04. The van der Waals surface area contributed by atoms with Crippen molar-refractivity contribution in [2.75, 3.05) is 13.1 Å². The lowest BCUT2D eigenvalue weighted by molar-refractivity contribution is -0.139. The third-order valence-corrected chi connectivity index (χ3v) is 5.99. The molecule has 1 amide bonds. The zero-order chi connectivity index (χ0) is 13.5. The number of amides is 1. The van der Waals surface area contributed by atoms with Crippen LogP contribution in [0.25, 0.3) is 0 Å². The zero-order valence-electron chi connectivity index (χ0n) is 11.6. The first-order valence-corrected chi connectivity index (χ1v) is 8.13. The van der Waals surface area contributed by atoms with Crippen molar-refractivity contribution < 1.29 is 4.79 Å². The van der Waals surface area contributed by atoms with Crippen LogP contribution in [0.3, 0.4) is 0 Å². The van der Waals surface area contributed by atoms with Crippen LogP contribution in [-0.4, -0.2) is 28.9 Å². The summed E-state index contributed by atoms with van der Waals surface area (Å²) in [5, 5.41) is 0. The molecule has 3 rings (SSSR count). The highest BCUT2D eigenvalue weighted by molar-refractivity contribution is 7.80. The van der Waals surface area contributed by atoms with Gasteiger partial charge >= 0.3 is 0 Å². The molecular formula is C15H24N2OS. The molecular weight excluding hydrogens is 256 g/mol. The molecule has 3 nitrogen and oxygen atoms in total. The molecule has 1 saturated heterocycles. The smallest absolute Gasteiger partial charge is 0.235 e. The van der Waals surface area contributed by atoms with Crippen LogP contribution in [0.4, 0.5) is 0 Å². The summed E-state index contributed by atoms with van der Waals surface area (Å²) < 4.78 is 0. The number of nitrogens with two attached hydrogens (primary N) is 1. The minimum Gasteiger partial charge on any atom is -0.392 e. The molecule has 2 unspecified atom stereocenters. The van der Waals surface area contributed by atoms with E-state index >= 15 is 0 Å². The molecule has 0 radical (unpaired) electrons. The molecule has 3 aliphatic rings. The highest BCUT2D eigenvalue weighted by Crippen LogP contribution is 2.43. The van der Waals surface area contributed by atoms with Gasteiger partial charge in [0.05, 0.1) is 10.4 Å². The van der Waals surface area contributed by atoms with Gasteiger partial charge in [0.15, 0.2) is 0 Å². The number of carbonyl (C=O) groups is 1. The first-order chi connectivity index (χ1) is 9.13. The van der Waals surface area contributed by atoms with E-state index in [1.807, 2.05) is 0 Å². The van der Waals surface area contributed by atoms with E-state index in [9.17, 15) is 4.79 Å². The lowest BCUT2D eigenvalue weighted by atomic mass is 9.73. The van der Waals surface area contributed by atoms with Crippen molar-refractivity contribution >= 4 is 23.1 Å². The van der Waals surface area contributed by atoms with Gasteiger partial charge in [0.1, 0.15) is 0 Å². The zero-order valence-corrected chi connectivity index (χ0v) is 12.4. The van der Waals surface area contributed by atoms with Gasteiger partial charge in [-0.25, -0.2) is 0 Å². The lowest BCUT2D eigenvalue weighted by Gasteiger charge is -2.38. The number of hydrogen-bond donors (Lipinski definition) is 1. The van der Waals surface area contributed by atoms with Gasteiger partial charge in [0.25, 0.3) is 0 Å². The number of thiocarbonyl (C=S) groups is 1. The van der Waals surface area contributed by atoms with E-state index in [0.717, 1.165) is 50.6 Å². The maximum absolute atomic E-state index is 13.0. The standard InChI is InChI=1S/C15H24N2OS/c16-13(19)15(7-2-1-3-8-15)14(18)17-9-11-5-4-6-12(11)10-17/h11-12H,1-10H2,(H2,16,19). The van der Waals surface area contributed by atoms with Gasteiger partial charge in [-0.1, -0.05) is 37.9 Å². The van der Waals surface area contributed by atoms with Gasteiger partial charge in [0.2, 0.25) is 5.91 Å². The number of nitrogens with zero attached hydrogens (tertiary/aromatic N) is 1. The molecule has 0 spiro atoms. The Bertz CT molecular complexity index is 378. The van der Waals surface area contributed by atoms with Crippen molar-refractivity contribution in [1.82, 2.24) is 4.90 Å². The van der Waals surface area contributed by atoms with Crippen LogP contribution in [-0.2, 0) is 4.79 Å². The van der Waals surface area contributed by atoms with E-state index in [0.29, 0.717) is 4.99 Å². The van der Waals surface area contributed by atoms with Crippen molar-refractivity contribution in [2.45, 2.75) is 51.4 Å². The van der Waals surface area contributed by atoms with E-state index in [-0.39, 0.29) is 5.91 Å². The third-order valence-electron chi connectivity index (χ3n) is 5.60. The SMILES string of the molecule is NC(=S)C1(C(=O)N2CC3CCCC3C2)CCCCC1. The first kappa shape index (κ1) is 13.3. The lowest BCUT2D eigenvalue weighted by Crippen LogP contribution is -2.51. The predicted molar refractivity (Wildman–Crippen MR) is 79.7 cm³/mol. The molecule has 2 saturated carbocycles. The minimum atomic E-state index is -0.508. The fourth-order valence-corrected chi connectivity index (χ4v) is 4.72. The Morgan fingerprint density at radius 3 is 2.16 bits per heavy atom. The maximum atomic E-state index is 13.0. The fraction of sp³-hybridized carbons (Fsp3) is 0.867. The monoisotopic (exact) mass is 280 g/mol. The Hall–Kier alpha value is -0.640. The van der Waals surface area contributed by atoms with E-state index < -0.39 is 5.41 Å². The fourth-order valence-electron chi connectivity index (χ4n) is 4.42. The second-order valence-corrected chi connectivity index (χ2v) is 7.11. The number of rotatable bonds is 2. The van der Waals surface area contributed by atoms with Crippen molar-refractivity contribution in [1.29, 1.82) is 0 Å².